The highest BCUT2D eigenvalue weighted by Gasteiger charge is 2.17. The molecule has 2 rings (SSSR count). The molecule has 0 saturated heterocycles. The summed E-state index contributed by atoms with van der Waals surface area (Å²) in [6.45, 7) is 2.02. The molecule has 0 saturated carbocycles. The van der Waals surface area contributed by atoms with Crippen LogP contribution in [0.4, 0.5) is 5.69 Å². The number of ether oxygens (including phenoxy) is 1. The maximum absolute atomic E-state index is 11.8. The summed E-state index contributed by atoms with van der Waals surface area (Å²) in [5, 5.41) is 1.22. The normalized spacial score (nSPS) is 10.5. The fourth-order valence-electron chi connectivity index (χ4n) is 1.73. The number of nitrogens with zero attached hydrogens (tertiary/aromatic N) is 1. The molecule has 19 heavy (non-hydrogen) atoms. The van der Waals surface area contributed by atoms with E-state index in [1.165, 1.54) is 6.20 Å². The Hall–Kier alpha value is -1.37. The molecule has 1 aromatic heterocycles. The molecule has 0 amide bonds. The van der Waals surface area contributed by atoms with Gasteiger partial charge in [-0.1, -0.05) is 11.6 Å². The topological polar surface area (TPSA) is 77.2 Å². The molecule has 0 bridgehead atoms. The Labute approximate surface area is 123 Å². The zero-order valence-electron chi connectivity index (χ0n) is 10.0. The maximum atomic E-state index is 11.8. The number of nitrogens with two attached hydrogens (primary N) is 1. The van der Waals surface area contributed by atoms with E-state index in [0.29, 0.717) is 26.1 Å². The Kier molecular flexibility index (Phi) is 4.24. The molecule has 0 aliphatic carbocycles. The summed E-state index contributed by atoms with van der Waals surface area (Å²) < 4.78 is 5.61. The van der Waals surface area contributed by atoms with Crippen molar-refractivity contribution in [2.24, 2.45) is 5.84 Å². The summed E-state index contributed by atoms with van der Waals surface area (Å²) in [5.74, 6) is 5.03. The minimum atomic E-state index is -0.476. The van der Waals surface area contributed by atoms with E-state index in [2.05, 4.69) is 26.3 Å². The van der Waals surface area contributed by atoms with Crippen molar-refractivity contribution in [2.75, 3.05) is 12.0 Å². The Morgan fingerprint density at radius 2 is 2.32 bits per heavy atom. The van der Waals surface area contributed by atoms with Crippen LogP contribution in [-0.4, -0.2) is 17.6 Å². The van der Waals surface area contributed by atoms with E-state index in [-0.39, 0.29) is 12.2 Å². The minimum Gasteiger partial charge on any atom is -0.462 e. The van der Waals surface area contributed by atoms with Crippen LogP contribution in [0.5, 0.6) is 0 Å². The van der Waals surface area contributed by atoms with Crippen molar-refractivity contribution in [3.63, 3.8) is 0 Å². The number of halogens is 2. The first kappa shape index (κ1) is 14.0. The fraction of sp³-hybridized carbons (Fsp3) is 0.167. The quantitative estimate of drug-likeness (QED) is 0.508. The number of benzene rings is 1. The van der Waals surface area contributed by atoms with Crippen molar-refractivity contribution in [2.45, 2.75) is 6.92 Å². The van der Waals surface area contributed by atoms with Gasteiger partial charge in [-0.2, -0.15) is 0 Å². The molecule has 5 nitrogen and oxygen atoms in total. The molecule has 1 heterocycles. The van der Waals surface area contributed by atoms with Crippen LogP contribution in [0.3, 0.4) is 0 Å². The van der Waals surface area contributed by atoms with Crippen LogP contribution in [-0.2, 0) is 4.74 Å². The summed E-state index contributed by atoms with van der Waals surface area (Å²) in [6.07, 6.45) is 1.41. The maximum Gasteiger partial charge on any atom is 0.341 e. The molecule has 0 unspecified atom stereocenters. The second-order valence-electron chi connectivity index (χ2n) is 3.67. The second kappa shape index (κ2) is 5.73. The number of fused-ring (bicyclic) bond motifs is 1. The first-order valence-electron chi connectivity index (χ1n) is 5.50. The van der Waals surface area contributed by atoms with E-state index in [1.54, 1.807) is 19.1 Å². The van der Waals surface area contributed by atoms with Gasteiger partial charge in [-0.15, -0.1) is 0 Å². The summed E-state index contributed by atoms with van der Waals surface area (Å²) in [5.41, 5.74) is 3.88. The summed E-state index contributed by atoms with van der Waals surface area (Å²) >= 11 is 9.36. The number of carbonyl (C=O) groups excluding carboxylic acids is 1. The van der Waals surface area contributed by atoms with E-state index in [9.17, 15) is 4.79 Å². The van der Waals surface area contributed by atoms with Crippen molar-refractivity contribution < 1.29 is 9.53 Å². The number of anilines is 1. The van der Waals surface area contributed by atoms with Crippen LogP contribution >= 0.6 is 27.5 Å². The fourth-order valence-corrected chi connectivity index (χ4v) is 2.33. The lowest BCUT2D eigenvalue weighted by Gasteiger charge is -2.12. The Morgan fingerprint density at radius 1 is 1.58 bits per heavy atom. The smallest absolute Gasteiger partial charge is 0.341 e. The van der Waals surface area contributed by atoms with Gasteiger partial charge in [-0.25, -0.2) is 4.79 Å². The van der Waals surface area contributed by atoms with Gasteiger partial charge >= 0.3 is 5.97 Å². The number of nitrogen functional groups attached to an aromatic ring is 1. The van der Waals surface area contributed by atoms with Gasteiger partial charge in [0.25, 0.3) is 0 Å². The van der Waals surface area contributed by atoms with Crippen LogP contribution in [0.1, 0.15) is 17.3 Å². The molecule has 2 aromatic rings. The molecule has 0 atom stereocenters. The number of esters is 1. The predicted molar refractivity (Wildman–Crippen MR) is 78.2 cm³/mol. The van der Waals surface area contributed by atoms with Crippen molar-refractivity contribution in [3.05, 3.63) is 33.4 Å². The zero-order valence-corrected chi connectivity index (χ0v) is 12.4. The third kappa shape index (κ3) is 2.51. The molecule has 0 fully saturated rings. The first-order chi connectivity index (χ1) is 9.10. The Balaban J connectivity index is 2.70. The van der Waals surface area contributed by atoms with Gasteiger partial charge in [0.1, 0.15) is 5.56 Å². The van der Waals surface area contributed by atoms with Crippen LogP contribution < -0.4 is 11.3 Å². The van der Waals surface area contributed by atoms with Crippen LogP contribution in [0, 0.1) is 0 Å². The lowest BCUT2D eigenvalue weighted by atomic mass is 10.1. The van der Waals surface area contributed by atoms with Gasteiger partial charge < -0.3 is 10.2 Å². The third-order valence-electron chi connectivity index (χ3n) is 2.57. The Bertz CT molecular complexity index is 648. The summed E-state index contributed by atoms with van der Waals surface area (Å²) in [7, 11) is 0. The summed E-state index contributed by atoms with van der Waals surface area (Å²) in [4.78, 5) is 16.1. The molecule has 0 radical (unpaired) electrons. The van der Waals surface area contributed by atoms with Gasteiger partial charge in [0.2, 0.25) is 0 Å². The zero-order chi connectivity index (χ0) is 14.0. The highest BCUT2D eigenvalue weighted by molar-refractivity contribution is 9.10. The molecule has 7 heteroatoms. The molecule has 3 N–H and O–H groups in total. The molecule has 0 spiro atoms. The van der Waals surface area contributed by atoms with Crippen molar-refractivity contribution in [1.29, 1.82) is 0 Å². The molecule has 0 aliphatic rings. The largest absolute Gasteiger partial charge is 0.462 e. The number of aromatic nitrogens is 1. The van der Waals surface area contributed by atoms with E-state index in [0.717, 1.165) is 0 Å². The minimum absolute atomic E-state index is 0.283. The van der Waals surface area contributed by atoms with Gasteiger partial charge in [0.05, 0.1) is 27.3 Å². The number of hydrazine groups is 1. The average Bonchev–Trinajstić information content (AvgIpc) is 2.41. The highest BCUT2D eigenvalue weighted by atomic mass is 79.9. The monoisotopic (exact) mass is 343 g/mol. The van der Waals surface area contributed by atoms with Crippen LogP contribution in [0.25, 0.3) is 10.9 Å². The van der Waals surface area contributed by atoms with Gasteiger partial charge in [-0.3, -0.25) is 10.8 Å². The van der Waals surface area contributed by atoms with Gasteiger partial charge in [0, 0.05) is 11.6 Å². The van der Waals surface area contributed by atoms with Crippen LogP contribution in [0.2, 0.25) is 5.02 Å². The first-order valence-corrected chi connectivity index (χ1v) is 6.67. The molecule has 1 aromatic carbocycles. The lowest BCUT2D eigenvalue weighted by molar-refractivity contribution is 0.0527. The SMILES string of the molecule is CCOC(=O)c1cnc2c(Br)c(Cl)ccc2c1NN. The van der Waals surface area contributed by atoms with E-state index in [1.807, 2.05) is 0 Å². The van der Waals surface area contributed by atoms with E-state index < -0.39 is 5.97 Å². The van der Waals surface area contributed by atoms with E-state index >= 15 is 0 Å². The number of nitrogens with one attached hydrogen (secondary N) is 1. The Morgan fingerprint density at radius 3 is 2.95 bits per heavy atom. The molecular weight excluding hydrogens is 334 g/mol. The summed E-state index contributed by atoms with van der Waals surface area (Å²) in [6, 6.07) is 3.44. The lowest BCUT2D eigenvalue weighted by Crippen LogP contribution is -2.15. The third-order valence-corrected chi connectivity index (χ3v) is 3.92. The van der Waals surface area contributed by atoms with E-state index in [4.69, 9.17) is 22.2 Å². The number of pyridine rings is 1. The molecule has 100 valence electrons. The number of hydrogen-bond acceptors (Lipinski definition) is 5. The van der Waals surface area contributed by atoms with Gasteiger partial charge in [-0.05, 0) is 35.0 Å². The molecular formula is C12H11BrClN3O2. The van der Waals surface area contributed by atoms with Crippen molar-refractivity contribution in [1.82, 2.24) is 4.98 Å². The number of rotatable bonds is 3. The average molecular weight is 345 g/mol. The number of hydrogen-bond donors (Lipinski definition) is 2. The standard InChI is InChI=1S/C12H11BrClN3O2/c1-2-19-12(18)7-5-16-11-6(10(7)17-15)3-4-8(14)9(11)13/h3-5H,2,15H2,1H3,(H,16,17). The predicted octanol–water partition coefficient (Wildman–Crippen LogP) is 3.11. The molecule has 0 aliphatic heterocycles. The van der Waals surface area contributed by atoms with Gasteiger partial charge in [0.15, 0.2) is 0 Å². The van der Waals surface area contributed by atoms with Crippen LogP contribution in [0.15, 0.2) is 22.8 Å². The second-order valence-corrected chi connectivity index (χ2v) is 4.87. The number of carbonyl (C=O) groups is 1. The van der Waals surface area contributed by atoms with Crippen molar-refractivity contribution in [3.8, 4) is 0 Å². The van der Waals surface area contributed by atoms with Crippen molar-refractivity contribution >= 4 is 50.1 Å². The highest BCUT2D eigenvalue weighted by Crippen LogP contribution is 2.34.